The first-order valence-corrected chi connectivity index (χ1v) is 5.52. The Morgan fingerprint density at radius 3 is 2.17 bits per heavy atom. The summed E-state index contributed by atoms with van der Waals surface area (Å²) in [7, 11) is 0. The number of halogens is 1. The Hall–Kier alpha value is 0.586. The molecular formula is C9H12ClKN2O3S2. The zero-order chi connectivity index (χ0) is 13.3. The fourth-order valence-corrected chi connectivity index (χ4v) is 0.903. The van der Waals surface area contributed by atoms with Gasteiger partial charge in [0.2, 0.25) is 0 Å². The summed E-state index contributed by atoms with van der Waals surface area (Å²) in [6.07, 6.45) is 0. The van der Waals surface area contributed by atoms with Crippen molar-refractivity contribution < 1.29 is 67.1 Å². The molecule has 0 saturated carbocycles. The van der Waals surface area contributed by atoms with E-state index in [1.165, 1.54) is 0 Å². The Labute approximate surface area is 165 Å². The van der Waals surface area contributed by atoms with Crippen LogP contribution in [0, 0.1) is 0 Å². The Kier molecular flexibility index (Phi) is 14.6. The molecule has 3 N–H and O–H groups in total. The van der Waals surface area contributed by atoms with E-state index in [2.05, 4.69) is 36.3 Å². The van der Waals surface area contributed by atoms with E-state index in [1.807, 2.05) is 0 Å². The van der Waals surface area contributed by atoms with Crippen molar-refractivity contribution in [2.75, 3.05) is 6.73 Å². The number of carbonyl (C=O) groups excluding carboxylic acids is 2. The van der Waals surface area contributed by atoms with Crippen LogP contribution in [-0.2, 0) is 0 Å². The van der Waals surface area contributed by atoms with Crippen LogP contribution in [0.4, 0.5) is 9.59 Å². The molecule has 18 heavy (non-hydrogen) atoms. The molecule has 0 aliphatic carbocycles. The number of hydrogen-bond acceptors (Lipinski definition) is 3. The molecule has 0 unspecified atom stereocenters. The largest absolute Gasteiger partial charge is 1.00 e. The number of nitrogens with two attached hydrogens (primary N) is 1. The Morgan fingerprint density at radius 2 is 1.78 bits per heavy atom. The molecule has 0 heterocycles. The third-order valence-corrected chi connectivity index (χ3v) is 1.69. The molecule has 0 saturated heterocycles. The van der Waals surface area contributed by atoms with Crippen LogP contribution in [-0.4, -0.2) is 17.2 Å². The SMILES string of the molecule is NC(=O)S.O=C(S)NCOc1ccc(Cl)cc1.[H-].[K+]. The number of benzene rings is 1. The number of primary amides is 1. The summed E-state index contributed by atoms with van der Waals surface area (Å²) in [5, 5.41) is 1.96. The fraction of sp³-hybridized carbons (Fsp3) is 0.111. The average molecular weight is 335 g/mol. The van der Waals surface area contributed by atoms with Crippen molar-refractivity contribution in [1.29, 1.82) is 0 Å². The van der Waals surface area contributed by atoms with Crippen molar-refractivity contribution in [3.8, 4) is 5.75 Å². The van der Waals surface area contributed by atoms with Crippen LogP contribution in [0.2, 0.25) is 5.02 Å². The van der Waals surface area contributed by atoms with Gasteiger partial charge in [-0.1, -0.05) is 36.9 Å². The maximum absolute atomic E-state index is 10.3. The van der Waals surface area contributed by atoms with Gasteiger partial charge in [0, 0.05) is 5.02 Å². The summed E-state index contributed by atoms with van der Waals surface area (Å²) in [5.74, 6) is 0.645. The molecule has 2 amide bonds. The van der Waals surface area contributed by atoms with Gasteiger partial charge in [0.25, 0.3) is 10.5 Å². The number of thiol groups is 2. The second-order valence-corrected chi connectivity index (χ2v) is 3.85. The first-order chi connectivity index (χ1) is 7.91. The van der Waals surface area contributed by atoms with Crippen LogP contribution in [0.5, 0.6) is 5.75 Å². The molecule has 0 aliphatic heterocycles. The molecule has 96 valence electrons. The van der Waals surface area contributed by atoms with Gasteiger partial charge in [0.15, 0.2) is 6.73 Å². The van der Waals surface area contributed by atoms with Crippen molar-refractivity contribution >= 4 is 47.3 Å². The van der Waals surface area contributed by atoms with Crippen molar-refractivity contribution in [3.63, 3.8) is 0 Å². The molecule has 0 fully saturated rings. The van der Waals surface area contributed by atoms with E-state index in [0.717, 1.165) is 0 Å². The second-order valence-electron chi connectivity index (χ2n) is 2.56. The van der Waals surface area contributed by atoms with Gasteiger partial charge in [-0.25, -0.2) is 0 Å². The first kappa shape index (κ1) is 20.9. The summed E-state index contributed by atoms with van der Waals surface area (Å²) in [5.41, 5.74) is 4.34. The molecule has 5 nitrogen and oxygen atoms in total. The third-order valence-electron chi connectivity index (χ3n) is 1.28. The van der Waals surface area contributed by atoms with Gasteiger partial charge in [0.05, 0.1) is 0 Å². The van der Waals surface area contributed by atoms with Gasteiger partial charge in [-0.2, -0.15) is 0 Å². The normalized spacial score (nSPS) is 8.17. The number of carbonyl (C=O) groups is 2. The molecular weight excluding hydrogens is 323 g/mol. The monoisotopic (exact) mass is 334 g/mol. The van der Waals surface area contributed by atoms with Crippen molar-refractivity contribution in [3.05, 3.63) is 29.3 Å². The molecule has 1 aromatic rings. The number of amides is 2. The zero-order valence-electron chi connectivity index (χ0n) is 10.6. The van der Waals surface area contributed by atoms with Gasteiger partial charge in [-0.15, -0.1) is 0 Å². The van der Waals surface area contributed by atoms with Gasteiger partial charge in [0.1, 0.15) is 5.75 Å². The minimum absolute atomic E-state index is 0. The Balaban J connectivity index is -0.000000379. The van der Waals surface area contributed by atoms with E-state index in [9.17, 15) is 4.79 Å². The van der Waals surface area contributed by atoms with Crippen LogP contribution in [0.15, 0.2) is 24.3 Å². The van der Waals surface area contributed by atoms with Crippen molar-refractivity contribution in [1.82, 2.24) is 5.32 Å². The third kappa shape index (κ3) is 14.6. The molecule has 0 atom stereocenters. The predicted octanol–water partition coefficient (Wildman–Crippen LogP) is -0.573. The molecule has 0 aliphatic rings. The van der Waals surface area contributed by atoms with E-state index in [4.69, 9.17) is 21.1 Å². The fourth-order valence-electron chi connectivity index (χ4n) is 0.712. The topological polar surface area (TPSA) is 81.4 Å². The smallest absolute Gasteiger partial charge is 1.00 e. The maximum Gasteiger partial charge on any atom is 1.00 e. The van der Waals surface area contributed by atoms with Crippen molar-refractivity contribution in [2.45, 2.75) is 0 Å². The molecule has 1 aromatic carbocycles. The van der Waals surface area contributed by atoms with Crippen LogP contribution < -0.4 is 67.2 Å². The molecule has 9 heteroatoms. The summed E-state index contributed by atoms with van der Waals surface area (Å²) >= 11 is 12.3. The molecule has 1 rings (SSSR count). The number of rotatable bonds is 3. The van der Waals surface area contributed by atoms with Crippen LogP contribution in [0.1, 0.15) is 1.43 Å². The second kappa shape index (κ2) is 12.6. The van der Waals surface area contributed by atoms with E-state index in [-0.39, 0.29) is 59.5 Å². The van der Waals surface area contributed by atoms with E-state index < -0.39 is 10.5 Å². The quantitative estimate of drug-likeness (QED) is 0.339. The predicted molar refractivity (Wildman–Crippen MR) is 74.1 cm³/mol. The molecule has 0 radical (unpaired) electrons. The van der Waals surface area contributed by atoms with Crippen LogP contribution in [0.25, 0.3) is 0 Å². The summed E-state index contributed by atoms with van der Waals surface area (Å²) in [4.78, 5) is 19.4. The maximum atomic E-state index is 10.3. The number of hydrogen-bond donors (Lipinski definition) is 4. The van der Waals surface area contributed by atoms with E-state index >= 15 is 0 Å². The first-order valence-electron chi connectivity index (χ1n) is 4.25. The molecule has 0 aromatic heterocycles. The average Bonchev–Trinajstić information content (AvgIpc) is 2.19. The summed E-state index contributed by atoms with van der Waals surface area (Å²) in [6, 6.07) is 6.85. The number of nitrogens with one attached hydrogen (secondary N) is 1. The minimum Gasteiger partial charge on any atom is -1.00 e. The van der Waals surface area contributed by atoms with Crippen LogP contribution in [0.3, 0.4) is 0 Å². The van der Waals surface area contributed by atoms with Crippen LogP contribution >= 0.6 is 36.9 Å². The molecule has 0 spiro atoms. The van der Waals surface area contributed by atoms with Crippen molar-refractivity contribution in [2.24, 2.45) is 5.73 Å². The van der Waals surface area contributed by atoms with Gasteiger partial charge >= 0.3 is 51.4 Å². The van der Waals surface area contributed by atoms with Gasteiger partial charge in [-0.3, -0.25) is 9.59 Å². The van der Waals surface area contributed by atoms with E-state index in [0.29, 0.717) is 10.8 Å². The van der Waals surface area contributed by atoms with E-state index in [1.54, 1.807) is 24.3 Å². The zero-order valence-corrected chi connectivity index (χ0v) is 15.3. The molecule has 0 bridgehead atoms. The standard InChI is InChI=1S/C8H8ClNO2S.CH3NOS.K.H/c9-6-1-3-7(4-2-6)12-5-10-8(11)13;2-1(3)4;;/h1-4H,5H2,(H2,10,11,13);(H3,2,3,4);;/q;;+1;-1. The van der Waals surface area contributed by atoms with Gasteiger partial charge in [-0.05, 0) is 24.3 Å². The number of ether oxygens (including phenoxy) is 1. The Morgan fingerprint density at radius 1 is 1.33 bits per heavy atom. The summed E-state index contributed by atoms with van der Waals surface area (Å²) in [6.45, 7) is 0.101. The van der Waals surface area contributed by atoms with Gasteiger partial charge < -0.3 is 17.2 Å². The summed E-state index contributed by atoms with van der Waals surface area (Å²) < 4.78 is 5.13. The minimum atomic E-state index is -0.639. The Bertz CT molecular complexity index is 380.